The summed E-state index contributed by atoms with van der Waals surface area (Å²) in [6.07, 6.45) is 8.00. The zero-order valence-electron chi connectivity index (χ0n) is 13.5. The van der Waals surface area contributed by atoms with Crippen LogP contribution in [-0.2, 0) is 11.2 Å². The molecule has 1 amide bonds. The quantitative estimate of drug-likeness (QED) is 0.785. The molecule has 0 spiro atoms. The van der Waals surface area contributed by atoms with Crippen LogP contribution in [0.25, 0.3) is 0 Å². The van der Waals surface area contributed by atoms with Crippen molar-refractivity contribution in [2.24, 2.45) is 0 Å². The van der Waals surface area contributed by atoms with Gasteiger partial charge in [0.1, 0.15) is 5.82 Å². The minimum Gasteiger partial charge on any atom is -0.356 e. The van der Waals surface area contributed by atoms with Crippen molar-refractivity contribution in [3.8, 4) is 0 Å². The summed E-state index contributed by atoms with van der Waals surface area (Å²) < 4.78 is 12.8. The van der Waals surface area contributed by atoms with Crippen LogP contribution in [0.5, 0.6) is 0 Å². The van der Waals surface area contributed by atoms with Gasteiger partial charge >= 0.3 is 0 Å². The normalized spacial score (nSPS) is 16.0. The molecule has 0 unspecified atom stereocenters. The molecule has 1 N–H and O–H groups in total. The molecule has 0 saturated heterocycles. The van der Waals surface area contributed by atoms with Crippen molar-refractivity contribution in [3.05, 3.63) is 35.6 Å². The maximum absolute atomic E-state index is 12.8. The lowest BCUT2D eigenvalue weighted by Gasteiger charge is -2.31. The van der Waals surface area contributed by atoms with Crippen LogP contribution in [0, 0.1) is 5.82 Å². The maximum atomic E-state index is 12.8. The largest absolute Gasteiger partial charge is 0.356 e. The van der Waals surface area contributed by atoms with Gasteiger partial charge in [-0.1, -0.05) is 31.4 Å². The van der Waals surface area contributed by atoms with E-state index in [4.69, 9.17) is 0 Å². The van der Waals surface area contributed by atoms with E-state index in [0.29, 0.717) is 13.0 Å². The first-order valence-corrected chi connectivity index (χ1v) is 8.36. The van der Waals surface area contributed by atoms with Gasteiger partial charge in [-0.05, 0) is 50.6 Å². The van der Waals surface area contributed by atoms with Crippen molar-refractivity contribution in [2.75, 3.05) is 20.1 Å². The van der Waals surface area contributed by atoms with Crippen LogP contribution in [0.4, 0.5) is 4.39 Å². The summed E-state index contributed by atoms with van der Waals surface area (Å²) in [5, 5.41) is 2.94. The van der Waals surface area contributed by atoms with Gasteiger partial charge in [-0.15, -0.1) is 0 Å². The predicted molar refractivity (Wildman–Crippen MR) is 87.2 cm³/mol. The molecule has 3 nitrogen and oxygen atoms in total. The van der Waals surface area contributed by atoms with E-state index >= 15 is 0 Å². The number of hydrogen-bond acceptors (Lipinski definition) is 2. The highest BCUT2D eigenvalue weighted by Crippen LogP contribution is 2.21. The molecule has 0 aliphatic heterocycles. The summed E-state index contributed by atoms with van der Waals surface area (Å²) in [5.41, 5.74) is 0.846. The van der Waals surface area contributed by atoms with E-state index < -0.39 is 0 Å². The van der Waals surface area contributed by atoms with Gasteiger partial charge in [0.15, 0.2) is 0 Å². The predicted octanol–water partition coefficient (Wildman–Crippen LogP) is 3.14. The first-order valence-electron chi connectivity index (χ1n) is 8.36. The molecule has 1 saturated carbocycles. The highest BCUT2D eigenvalue weighted by molar-refractivity contribution is 5.78. The zero-order valence-corrected chi connectivity index (χ0v) is 13.5. The van der Waals surface area contributed by atoms with Gasteiger partial charge in [-0.25, -0.2) is 4.39 Å². The fraction of sp³-hybridized carbons (Fsp3) is 0.611. The number of benzene rings is 1. The average Bonchev–Trinajstić information content (AvgIpc) is 2.54. The average molecular weight is 306 g/mol. The van der Waals surface area contributed by atoms with E-state index in [1.54, 1.807) is 12.1 Å². The number of nitrogens with one attached hydrogen (secondary N) is 1. The molecule has 22 heavy (non-hydrogen) atoms. The van der Waals surface area contributed by atoms with Crippen LogP contribution >= 0.6 is 0 Å². The Balaban J connectivity index is 1.59. The van der Waals surface area contributed by atoms with Crippen LogP contribution in [0.3, 0.4) is 0 Å². The standard InChI is InChI=1S/C18H27FN2O/c1-21(17-6-3-2-4-7-17)13-5-12-20-18(22)14-15-8-10-16(19)11-9-15/h8-11,17H,2-7,12-14H2,1H3,(H,20,22). The molecule has 0 heterocycles. The molecule has 0 bridgehead atoms. The van der Waals surface area contributed by atoms with E-state index in [-0.39, 0.29) is 11.7 Å². The van der Waals surface area contributed by atoms with Crippen molar-refractivity contribution < 1.29 is 9.18 Å². The maximum Gasteiger partial charge on any atom is 0.224 e. The lowest BCUT2D eigenvalue weighted by molar-refractivity contribution is -0.120. The van der Waals surface area contributed by atoms with E-state index in [1.165, 1.54) is 44.2 Å². The second-order valence-corrected chi connectivity index (χ2v) is 6.28. The Labute approximate surface area is 132 Å². The van der Waals surface area contributed by atoms with Gasteiger partial charge in [0.2, 0.25) is 5.91 Å². The molecule has 0 radical (unpaired) electrons. The van der Waals surface area contributed by atoms with E-state index in [9.17, 15) is 9.18 Å². The first-order chi connectivity index (χ1) is 10.6. The smallest absolute Gasteiger partial charge is 0.224 e. The molecule has 122 valence electrons. The van der Waals surface area contributed by atoms with Crippen molar-refractivity contribution in [2.45, 2.75) is 51.0 Å². The van der Waals surface area contributed by atoms with Crippen LogP contribution in [0.15, 0.2) is 24.3 Å². The van der Waals surface area contributed by atoms with E-state index in [0.717, 1.165) is 24.6 Å². The highest BCUT2D eigenvalue weighted by Gasteiger charge is 2.17. The lowest BCUT2D eigenvalue weighted by Crippen LogP contribution is -2.36. The molecule has 2 rings (SSSR count). The minimum atomic E-state index is -0.269. The zero-order chi connectivity index (χ0) is 15.8. The van der Waals surface area contributed by atoms with Gasteiger partial charge in [-0.3, -0.25) is 4.79 Å². The topological polar surface area (TPSA) is 32.3 Å². The SMILES string of the molecule is CN(CCCNC(=O)Cc1ccc(F)cc1)C1CCCCC1. The molecule has 1 aromatic carbocycles. The molecule has 1 aromatic rings. The molecule has 1 aliphatic carbocycles. The molecule has 1 fully saturated rings. The number of hydrogen-bond donors (Lipinski definition) is 1. The molecular formula is C18H27FN2O. The van der Waals surface area contributed by atoms with Crippen LogP contribution in [0.1, 0.15) is 44.1 Å². The highest BCUT2D eigenvalue weighted by atomic mass is 19.1. The molecule has 4 heteroatoms. The summed E-state index contributed by atoms with van der Waals surface area (Å²) in [5.74, 6) is -0.262. The summed E-state index contributed by atoms with van der Waals surface area (Å²) >= 11 is 0. The van der Waals surface area contributed by atoms with Gasteiger partial charge in [0.25, 0.3) is 0 Å². The Bertz CT molecular complexity index is 455. The summed E-state index contributed by atoms with van der Waals surface area (Å²) in [6.45, 7) is 1.73. The van der Waals surface area contributed by atoms with Crippen LogP contribution in [-0.4, -0.2) is 37.0 Å². The third kappa shape index (κ3) is 5.76. The molecular weight excluding hydrogens is 279 g/mol. The van der Waals surface area contributed by atoms with Gasteiger partial charge in [0.05, 0.1) is 6.42 Å². The molecule has 1 aliphatic rings. The van der Waals surface area contributed by atoms with Crippen molar-refractivity contribution in [3.63, 3.8) is 0 Å². The molecule has 0 atom stereocenters. The number of carbonyl (C=O) groups is 1. The third-order valence-corrected chi connectivity index (χ3v) is 4.49. The minimum absolute atomic E-state index is 0.00641. The Morgan fingerprint density at radius 1 is 1.23 bits per heavy atom. The third-order valence-electron chi connectivity index (χ3n) is 4.49. The Kier molecular flexibility index (Phi) is 6.84. The van der Waals surface area contributed by atoms with Crippen LogP contribution in [0.2, 0.25) is 0 Å². The monoisotopic (exact) mass is 306 g/mol. The number of amides is 1. The second-order valence-electron chi connectivity index (χ2n) is 6.28. The number of rotatable bonds is 7. The first kappa shape index (κ1) is 16.9. The fourth-order valence-corrected chi connectivity index (χ4v) is 3.11. The Hall–Kier alpha value is -1.42. The van der Waals surface area contributed by atoms with Gasteiger partial charge in [0, 0.05) is 12.6 Å². The van der Waals surface area contributed by atoms with Crippen molar-refractivity contribution >= 4 is 5.91 Å². The van der Waals surface area contributed by atoms with Gasteiger partial charge in [-0.2, -0.15) is 0 Å². The Morgan fingerprint density at radius 2 is 1.91 bits per heavy atom. The summed E-state index contributed by atoms with van der Waals surface area (Å²) in [7, 11) is 2.19. The summed E-state index contributed by atoms with van der Waals surface area (Å²) in [6, 6.07) is 6.82. The fourth-order valence-electron chi connectivity index (χ4n) is 3.11. The summed E-state index contributed by atoms with van der Waals surface area (Å²) in [4.78, 5) is 14.3. The van der Waals surface area contributed by atoms with Crippen molar-refractivity contribution in [1.82, 2.24) is 10.2 Å². The Morgan fingerprint density at radius 3 is 2.59 bits per heavy atom. The van der Waals surface area contributed by atoms with Crippen molar-refractivity contribution in [1.29, 1.82) is 0 Å². The molecule has 0 aromatic heterocycles. The number of halogens is 1. The van der Waals surface area contributed by atoms with Crippen LogP contribution < -0.4 is 5.32 Å². The number of nitrogens with zero attached hydrogens (tertiary/aromatic N) is 1. The lowest BCUT2D eigenvalue weighted by atomic mass is 9.94. The van der Waals surface area contributed by atoms with E-state index in [1.807, 2.05) is 0 Å². The number of carbonyl (C=O) groups excluding carboxylic acids is 1. The second kappa shape index (κ2) is 8.89. The van der Waals surface area contributed by atoms with E-state index in [2.05, 4.69) is 17.3 Å². The van der Waals surface area contributed by atoms with Gasteiger partial charge < -0.3 is 10.2 Å².